The van der Waals surface area contributed by atoms with Gasteiger partial charge in [0, 0.05) is 36.8 Å². The van der Waals surface area contributed by atoms with Gasteiger partial charge in [0.2, 0.25) is 0 Å². The zero-order chi connectivity index (χ0) is 16.4. The molecule has 6 heteroatoms. The number of nitrogens with zero attached hydrogens (tertiary/aromatic N) is 1. The lowest BCUT2D eigenvalue weighted by molar-refractivity contribution is -0.156. The quantitative estimate of drug-likeness (QED) is 0.835. The predicted molar refractivity (Wildman–Crippen MR) is 86.6 cm³/mol. The van der Waals surface area contributed by atoms with Gasteiger partial charge in [0.1, 0.15) is 5.82 Å². The summed E-state index contributed by atoms with van der Waals surface area (Å²) in [5.74, 6) is 0.0107. The standard InChI is InChI=1S/C17H22ClFN2O2/c18-14-3-1-4-15(19)13(14)9-20-11-17(23)7-2-8-21(16(17)22)10-12-5-6-12/h1,3-4,12,20,23H,2,5-11H2. The highest BCUT2D eigenvalue weighted by molar-refractivity contribution is 6.31. The van der Waals surface area contributed by atoms with Crippen LogP contribution in [0, 0.1) is 11.7 Å². The Morgan fingerprint density at radius 1 is 1.43 bits per heavy atom. The SMILES string of the molecule is O=C1N(CC2CC2)CCCC1(O)CNCc1c(F)cccc1Cl. The number of hydrogen-bond acceptors (Lipinski definition) is 3. The average Bonchev–Trinajstić information content (AvgIpc) is 3.31. The van der Waals surface area contributed by atoms with Crippen molar-refractivity contribution in [3.63, 3.8) is 0 Å². The Hall–Kier alpha value is -1.17. The predicted octanol–water partition coefficient (Wildman–Crippen LogP) is 2.33. The summed E-state index contributed by atoms with van der Waals surface area (Å²) in [5, 5.41) is 14.0. The zero-order valence-electron chi connectivity index (χ0n) is 13.0. The van der Waals surface area contributed by atoms with Crippen molar-refractivity contribution in [3.8, 4) is 0 Å². The molecule has 0 spiro atoms. The van der Waals surface area contributed by atoms with Crippen LogP contribution in [-0.2, 0) is 11.3 Å². The van der Waals surface area contributed by atoms with E-state index in [0.717, 1.165) is 19.5 Å². The molecule has 2 N–H and O–H groups in total. The van der Waals surface area contributed by atoms with E-state index < -0.39 is 5.60 Å². The molecule has 126 valence electrons. The molecule has 3 rings (SSSR count). The topological polar surface area (TPSA) is 52.6 Å². The molecule has 1 unspecified atom stereocenters. The van der Waals surface area contributed by atoms with Crippen LogP contribution >= 0.6 is 11.6 Å². The summed E-state index contributed by atoms with van der Waals surface area (Å²) in [5.41, 5.74) is -1.04. The van der Waals surface area contributed by atoms with E-state index in [2.05, 4.69) is 5.32 Å². The molecule has 1 saturated carbocycles. The molecular weight excluding hydrogens is 319 g/mol. The highest BCUT2D eigenvalue weighted by atomic mass is 35.5. The molecule has 1 amide bonds. The van der Waals surface area contributed by atoms with Gasteiger partial charge in [-0.2, -0.15) is 0 Å². The Bertz CT molecular complexity index is 574. The number of amides is 1. The maximum Gasteiger partial charge on any atom is 0.255 e. The molecule has 2 fully saturated rings. The van der Waals surface area contributed by atoms with Crippen molar-refractivity contribution in [3.05, 3.63) is 34.6 Å². The Labute approximate surface area is 140 Å². The molecule has 1 heterocycles. The van der Waals surface area contributed by atoms with Crippen molar-refractivity contribution < 1.29 is 14.3 Å². The highest BCUT2D eigenvalue weighted by Crippen LogP contribution is 2.32. The summed E-state index contributed by atoms with van der Waals surface area (Å²) in [6.07, 6.45) is 3.57. The molecule has 2 aliphatic rings. The third kappa shape index (κ3) is 3.84. The van der Waals surface area contributed by atoms with Gasteiger partial charge in [-0.25, -0.2) is 4.39 Å². The monoisotopic (exact) mass is 340 g/mol. The third-order valence-corrected chi connectivity index (χ3v) is 5.01. The number of hydrogen-bond donors (Lipinski definition) is 2. The summed E-state index contributed by atoms with van der Waals surface area (Å²) < 4.78 is 13.7. The Balaban J connectivity index is 1.58. The number of benzene rings is 1. The van der Waals surface area contributed by atoms with Crippen LogP contribution in [0.2, 0.25) is 5.02 Å². The van der Waals surface area contributed by atoms with Crippen molar-refractivity contribution in [2.75, 3.05) is 19.6 Å². The van der Waals surface area contributed by atoms with Gasteiger partial charge < -0.3 is 15.3 Å². The molecule has 1 aromatic carbocycles. The first-order valence-electron chi connectivity index (χ1n) is 8.15. The maximum atomic E-state index is 13.7. The number of nitrogens with one attached hydrogen (secondary N) is 1. The minimum atomic E-state index is -1.40. The van der Waals surface area contributed by atoms with E-state index in [1.807, 2.05) is 0 Å². The molecule has 0 aromatic heterocycles. The molecule has 4 nitrogen and oxygen atoms in total. The van der Waals surface area contributed by atoms with Gasteiger partial charge in [0.15, 0.2) is 5.60 Å². The van der Waals surface area contributed by atoms with E-state index in [9.17, 15) is 14.3 Å². The number of halogens is 2. The van der Waals surface area contributed by atoms with Gasteiger partial charge in [-0.1, -0.05) is 17.7 Å². The summed E-state index contributed by atoms with van der Waals surface area (Å²) in [4.78, 5) is 14.3. The van der Waals surface area contributed by atoms with Crippen LogP contribution in [0.1, 0.15) is 31.2 Å². The van der Waals surface area contributed by atoms with E-state index in [4.69, 9.17) is 11.6 Å². The van der Waals surface area contributed by atoms with E-state index in [-0.39, 0.29) is 24.8 Å². The second kappa shape index (κ2) is 6.75. The number of piperidine rings is 1. The van der Waals surface area contributed by atoms with Crippen molar-refractivity contribution in [1.82, 2.24) is 10.2 Å². The largest absolute Gasteiger partial charge is 0.379 e. The van der Waals surface area contributed by atoms with E-state index >= 15 is 0 Å². The van der Waals surface area contributed by atoms with Gasteiger partial charge in [-0.3, -0.25) is 4.79 Å². The highest BCUT2D eigenvalue weighted by Gasteiger charge is 2.43. The molecule has 1 aliphatic heterocycles. The van der Waals surface area contributed by atoms with Gasteiger partial charge in [0.05, 0.1) is 0 Å². The number of rotatable bonds is 6. The average molecular weight is 341 g/mol. The normalized spacial score (nSPS) is 25.0. The summed E-state index contributed by atoms with van der Waals surface area (Å²) in [6, 6.07) is 4.52. The second-order valence-corrected chi connectivity index (χ2v) is 7.04. The Kier molecular flexibility index (Phi) is 4.90. The first-order valence-corrected chi connectivity index (χ1v) is 8.53. The van der Waals surface area contributed by atoms with Crippen molar-refractivity contribution >= 4 is 17.5 Å². The fourth-order valence-electron chi connectivity index (χ4n) is 3.11. The number of aliphatic hydroxyl groups is 1. The molecule has 23 heavy (non-hydrogen) atoms. The molecule has 1 aromatic rings. The first-order chi connectivity index (χ1) is 11.0. The van der Waals surface area contributed by atoms with Gasteiger partial charge >= 0.3 is 0 Å². The summed E-state index contributed by atoms with van der Waals surface area (Å²) >= 11 is 5.98. The number of likely N-dealkylation sites (tertiary alicyclic amines) is 1. The van der Waals surface area contributed by atoms with Crippen molar-refractivity contribution in [1.29, 1.82) is 0 Å². The van der Waals surface area contributed by atoms with Crippen LogP contribution in [-0.4, -0.2) is 41.1 Å². The number of carbonyl (C=O) groups excluding carboxylic acids is 1. The van der Waals surface area contributed by atoms with Crippen LogP contribution in [0.4, 0.5) is 4.39 Å². The maximum absolute atomic E-state index is 13.7. The molecule has 1 saturated heterocycles. The molecule has 0 radical (unpaired) electrons. The van der Waals surface area contributed by atoms with E-state index in [0.29, 0.717) is 22.9 Å². The van der Waals surface area contributed by atoms with Crippen LogP contribution in [0.3, 0.4) is 0 Å². The van der Waals surface area contributed by atoms with Gasteiger partial charge in [-0.05, 0) is 43.7 Å². The molecule has 1 aliphatic carbocycles. The minimum absolute atomic E-state index is 0.109. The zero-order valence-corrected chi connectivity index (χ0v) is 13.8. The summed E-state index contributed by atoms with van der Waals surface area (Å²) in [6.45, 7) is 1.76. The molecular formula is C17H22ClFN2O2. The fraction of sp³-hybridized carbons (Fsp3) is 0.588. The van der Waals surface area contributed by atoms with Crippen molar-refractivity contribution in [2.45, 2.75) is 37.8 Å². The Morgan fingerprint density at radius 2 is 2.22 bits per heavy atom. The minimum Gasteiger partial charge on any atom is -0.379 e. The second-order valence-electron chi connectivity index (χ2n) is 6.63. The van der Waals surface area contributed by atoms with Crippen LogP contribution < -0.4 is 5.32 Å². The fourth-order valence-corrected chi connectivity index (χ4v) is 3.34. The lowest BCUT2D eigenvalue weighted by Crippen LogP contribution is -2.58. The van der Waals surface area contributed by atoms with Gasteiger partial charge in [-0.15, -0.1) is 0 Å². The van der Waals surface area contributed by atoms with Gasteiger partial charge in [0.25, 0.3) is 5.91 Å². The summed E-state index contributed by atoms with van der Waals surface area (Å²) in [7, 11) is 0. The lowest BCUT2D eigenvalue weighted by Gasteiger charge is -2.38. The van der Waals surface area contributed by atoms with Crippen LogP contribution in [0.15, 0.2) is 18.2 Å². The molecule has 0 bridgehead atoms. The first kappa shape index (κ1) is 16.7. The smallest absolute Gasteiger partial charge is 0.255 e. The van der Waals surface area contributed by atoms with E-state index in [1.54, 1.807) is 17.0 Å². The number of carbonyl (C=O) groups is 1. The van der Waals surface area contributed by atoms with Crippen LogP contribution in [0.5, 0.6) is 0 Å². The lowest BCUT2D eigenvalue weighted by atomic mass is 9.91. The Morgan fingerprint density at radius 3 is 2.91 bits per heavy atom. The molecule has 1 atom stereocenters. The van der Waals surface area contributed by atoms with Crippen molar-refractivity contribution in [2.24, 2.45) is 5.92 Å². The van der Waals surface area contributed by atoms with Crippen LogP contribution in [0.25, 0.3) is 0 Å². The third-order valence-electron chi connectivity index (χ3n) is 4.66. The van der Waals surface area contributed by atoms with E-state index in [1.165, 1.54) is 18.9 Å².